The highest BCUT2D eigenvalue weighted by Crippen LogP contribution is 2.41. The maximum Gasteiger partial charge on any atom is 0.318 e. The van der Waals surface area contributed by atoms with Gasteiger partial charge in [0, 0.05) is 40.6 Å². The van der Waals surface area contributed by atoms with Crippen LogP contribution in [0.1, 0.15) is 39.6 Å². The number of quaternary nitrogens is 1. The number of aryl methyl sites for hydroxylation is 3. The SMILES string of the molecule is Cc1cc(Br)c2c(c1)CCc1cc(Br)cnc1C2N1CC[N+]([O-])(C(=O)Cc2ccncc2)CC1. The van der Waals surface area contributed by atoms with Gasteiger partial charge in [0.15, 0.2) is 0 Å². The molecular formula is C26H26Br2N4O2. The molecule has 3 heterocycles. The summed E-state index contributed by atoms with van der Waals surface area (Å²) in [5.74, 6) is -0.286. The van der Waals surface area contributed by atoms with Gasteiger partial charge < -0.3 is 5.21 Å². The molecule has 6 nitrogen and oxygen atoms in total. The number of benzene rings is 1. The Hall–Kier alpha value is -1.97. The van der Waals surface area contributed by atoms with Crippen LogP contribution in [-0.4, -0.2) is 51.6 Å². The molecule has 0 bridgehead atoms. The summed E-state index contributed by atoms with van der Waals surface area (Å²) in [5, 5.41) is 13.5. The number of carbonyl (C=O) groups is 1. The van der Waals surface area contributed by atoms with E-state index in [9.17, 15) is 10.0 Å². The van der Waals surface area contributed by atoms with Crippen molar-refractivity contribution in [3.63, 3.8) is 0 Å². The second-order valence-corrected chi connectivity index (χ2v) is 11.0. The van der Waals surface area contributed by atoms with Crippen molar-refractivity contribution in [1.82, 2.24) is 14.9 Å². The second kappa shape index (κ2) is 9.59. The van der Waals surface area contributed by atoms with Gasteiger partial charge in [-0.1, -0.05) is 22.0 Å². The van der Waals surface area contributed by atoms with Crippen LogP contribution in [-0.2, 0) is 24.1 Å². The van der Waals surface area contributed by atoms with Crippen molar-refractivity contribution < 1.29 is 9.44 Å². The molecular weight excluding hydrogens is 560 g/mol. The van der Waals surface area contributed by atoms with Crippen molar-refractivity contribution in [3.05, 3.63) is 96.6 Å². The molecule has 0 saturated carbocycles. The van der Waals surface area contributed by atoms with E-state index >= 15 is 0 Å². The highest BCUT2D eigenvalue weighted by molar-refractivity contribution is 9.10. The molecule has 0 N–H and O–H groups in total. The summed E-state index contributed by atoms with van der Waals surface area (Å²) in [6.45, 7) is 3.67. The van der Waals surface area contributed by atoms with Gasteiger partial charge in [-0.15, -0.1) is 0 Å². The lowest BCUT2D eigenvalue weighted by Gasteiger charge is -2.47. The summed E-state index contributed by atoms with van der Waals surface area (Å²) in [6, 6.07) is 10.1. The highest BCUT2D eigenvalue weighted by Gasteiger charge is 2.38. The number of fused-ring (bicyclic) bond motifs is 2. The fourth-order valence-corrected chi connectivity index (χ4v) is 6.38. The van der Waals surface area contributed by atoms with Crippen LogP contribution in [0.4, 0.5) is 0 Å². The van der Waals surface area contributed by atoms with E-state index in [0.717, 1.165) is 33.0 Å². The van der Waals surface area contributed by atoms with Crippen LogP contribution in [0.15, 0.2) is 57.9 Å². The molecule has 1 atom stereocenters. The Morgan fingerprint density at radius 3 is 2.56 bits per heavy atom. The zero-order valence-corrected chi connectivity index (χ0v) is 22.2. The Balaban J connectivity index is 1.45. The molecule has 2 aliphatic rings. The van der Waals surface area contributed by atoms with E-state index < -0.39 is 4.65 Å². The van der Waals surface area contributed by atoms with Gasteiger partial charge in [0.2, 0.25) is 0 Å². The molecule has 1 saturated heterocycles. The first-order chi connectivity index (χ1) is 16.3. The van der Waals surface area contributed by atoms with Gasteiger partial charge in [0.1, 0.15) is 0 Å². The molecule has 2 aromatic heterocycles. The molecule has 34 heavy (non-hydrogen) atoms. The lowest BCUT2D eigenvalue weighted by Crippen LogP contribution is -2.60. The first kappa shape index (κ1) is 23.8. The smallest absolute Gasteiger partial charge is 0.318 e. The molecule has 0 radical (unpaired) electrons. The van der Waals surface area contributed by atoms with Crippen molar-refractivity contribution in [2.45, 2.75) is 32.2 Å². The topological polar surface area (TPSA) is 69.2 Å². The van der Waals surface area contributed by atoms with E-state index in [-0.39, 0.29) is 31.5 Å². The minimum absolute atomic E-state index is 0.0559. The third kappa shape index (κ3) is 4.62. The Kier molecular flexibility index (Phi) is 6.70. The number of hydroxylamine groups is 3. The Bertz CT molecular complexity index is 1230. The largest absolute Gasteiger partial charge is 0.625 e. The number of nitrogens with zero attached hydrogens (tertiary/aromatic N) is 4. The van der Waals surface area contributed by atoms with Crippen LogP contribution in [0.3, 0.4) is 0 Å². The third-order valence-corrected chi connectivity index (χ3v) is 8.03. The lowest BCUT2D eigenvalue weighted by molar-refractivity contribution is -0.810. The average Bonchev–Trinajstić information content (AvgIpc) is 2.97. The molecule has 1 amide bonds. The second-order valence-electron chi connectivity index (χ2n) is 9.22. The Morgan fingerprint density at radius 2 is 1.82 bits per heavy atom. The summed E-state index contributed by atoms with van der Waals surface area (Å²) >= 11 is 7.42. The summed E-state index contributed by atoms with van der Waals surface area (Å²) < 4.78 is 1.27. The van der Waals surface area contributed by atoms with Gasteiger partial charge in [0.25, 0.3) is 0 Å². The molecule has 1 fully saturated rings. The number of rotatable bonds is 3. The normalized spacial score (nSPS) is 19.7. The minimum atomic E-state index is -0.784. The van der Waals surface area contributed by atoms with E-state index in [2.05, 4.69) is 66.9 Å². The Morgan fingerprint density at radius 1 is 1.12 bits per heavy atom. The number of carbonyl (C=O) groups excluding carboxylic acids is 1. The summed E-state index contributed by atoms with van der Waals surface area (Å²) in [4.78, 5) is 24.1. The lowest BCUT2D eigenvalue weighted by atomic mass is 9.94. The summed E-state index contributed by atoms with van der Waals surface area (Å²) in [5.41, 5.74) is 6.86. The number of aromatic nitrogens is 2. The minimum Gasteiger partial charge on any atom is -0.625 e. The summed E-state index contributed by atoms with van der Waals surface area (Å²) in [6.07, 6.45) is 7.16. The van der Waals surface area contributed by atoms with E-state index in [4.69, 9.17) is 4.98 Å². The van der Waals surface area contributed by atoms with Crippen LogP contribution < -0.4 is 0 Å². The number of halogens is 2. The van der Waals surface area contributed by atoms with Gasteiger partial charge in [-0.3, -0.25) is 19.5 Å². The first-order valence-corrected chi connectivity index (χ1v) is 13.1. The van der Waals surface area contributed by atoms with Crippen LogP contribution >= 0.6 is 31.9 Å². The third-order valence-electron chi connectivity index (χ3n) is 6.94. The zero-order valence-electron chi connectivity index (χ0n) is 19.0. The number of amides is 1. The summed E-state index contributed by atoms with van der Waals surface area (Å²) in [7, 11) is 0. The average molecular weight is 586 g/mol. The van der Waals surface area contributed by atoms with Gasteiger partial charge in [-0.2, -0.15) is 0 Å². The van der Waals surface area contributed by atoms with Crippen molar-refractivity contribution in [1.29, 1.82) is 0 Å². The molecule has 1 aliphatic carbocycles. The molecule has 176 valence electrons. The van der Waals surface area contributed by atoms with Crippen LogP contribution in [0.2, 0.25) is 0 Å². The van der Waals surface area contributed by atoms with Gasteiger partial charge in [-0.05, 0) is 87.8 Å². The van der Waals surface area contributed by atoms with Crippen molar-refractivity contribution in [3.8, 4) is 0 Å². The number of hydrogen-bond donors (Lipinski definition) is 0. The van der Waals surface area contributed by atoms with Gasteiger partial charge in [0.05, 0.1) is 31.2 Å². The fourth-order valence-electron chi connectivity index (χ4n) is 5.17. The van der Waals surface area contributed by atoms with Crippen LogP contribution in [0, 0.1) is 12.1 Å². The van der Waals surface area contributed by atoms with E-state index in [1.165, 1.54) is 22.3 Å². The maximum atomic E-state index is 13.5. The monoisotopic (exact) mass is 584 g/mol. The molecule has 1 unspecified atom stereocenters. The van der Waals surface area contributed by atoms with Crippen molar-refractivity contribution in [2.24, 2.45) is 0 Å². The molecule has 8 heteroatoms. The molecule has 1 aromatic carbocycles. The van der Waals surface area contributed by atoms with Crippen LogP contribution in [0.25, 0.3) is 0 Å². The van der Waals surface area contributed by atoms with E-state index in [1.807, 2.05) is 6.20 Å². The van der Waals surface area contributed by atoms with Gasteiger partial charge in [-0.25, -0.2) is 4.79 Å². The highest BCUT2D eigenvalue weighted by atomic mass is 79.9. The van der Waals surface area contributed by atoms with Crippen LogP contribution in [0.5, 0.6) is 0 Å². The molecule has 1 aliphatic heterocycles. The standard InChI is InChI=1S/C26H26Br2N4O2/c1-17-12-19-2-3-20-15-21(27)16-30-25(20)26(24(19)22(28)13-17)31-8-10-32(34,11-9-31)23(33)14-18-4-6-29-7-5-18/h4-7,12-13,15-16,26H,2-3,8-11,14H2,1H3. The molecule has 3 aromatic rings. The molecule has 5 rings (SSSR count). The number of piperazine rings is 1. The van der Waals surface area contributed by atoms with E-state index in [1.54, 1.807) is 24.5 Å². The maximum absolute atomic E-state index is 13.5. The van der Waals surface area contributed by atoms with Crippen molar-refractivity contribution in [2.75, 3.05) is 26.2 Å². The number of hydrogen-bond acceptors (Lipinski definition) is 5. The predicted molar refractivity (Wildman–Crippen MR) is 138 cm³/mol. The van der Waals surface area contributed by atoms with E-state index in [0.29, 0.717) is 13.1 Å². The van der Waals surface area contributed by atoms with Crippen molar-refractivity contribution >= 4 is 37.8 Å². The Labute approximate surface area is 216 Å². The predicted octanol–water partition coefficient (Wildman–Crippen LogP) is 4.90. The molecule has 0 spiro atoms. The zero-order chi connectivity index (χ0) is 23.9. The van der Waals surface area contributed by atoms with Gasteiger partial charge >= 0.3 is 5.91 Å². The fraction of sp³-hybridized carbons (Fsp3) is 0.346. The number of pyridine rings is 2. The quantitative estimate of drug-likeness (QED) is 0.323. The first-order valence-electron chi connectivity index (χ1n) is 11.5.